The first-order valence-electron chi connectivity index (χ1n) is 6.73. The second kappa shape index (κ2) is 5.16. The summed E-state index contributed by atoms with van der Waals surface area (Å²) in [4.78, 5) is 22.7. The van der Waals surface area contributed by atoms with E-state index in [-0.39, 0.29) is 17.8 Å². The summed E-state index contributed by atoms with van der Waals surface area (Å²) in [5, 5.41) is 4.22. The van der Waals surface area contributed by atoms with E-state index in [9.17, 15) is 4.79 Å². The highest BCUT2D eigenvalue weighted by atomic mass is 16.5. The standard InChI is InChI=1S/C13H17N5O2/c1-9-7-14-13-15-11(16-18(13)8-9)12(19)17-4-6-20-5-3-10(17)2/h7-8,10H,3-6H2,1-2H3. The van der Waals surface area contributed by atoms with Crippen LogP contribution in [-0.4, -0.2) is 56.2 Å². The third-order valence-electron chi connectivity index (χ3n) is 3.46. The number of rotatable bonds is 1. The zero-order valence-corrected chi connectivity index (χ0v) is 11.6. The molecule has 1 atom stereocenters. The third-order valence-corrected chi connectivity index (χ3v) is 3.46. The Morgan fingerprint density at radius 1 is 1.45 bits per heavy atom. The third kappa shape index (κ3) is 2.36. The van der Waals surface area contributed by atoms with Gasteiger partial charge in [-0.3, -0.25) is 4.79 Å². The van der Waals surface area contributed by atoms with Gasteiger partial charge >= 0.3 is 0 Å². The Balaban J connectivity index is 1.91. The number of fused-ring (bicyclic) bond motifs is 1. The molecule has 1 unspecified atom stereocenters. The van der Waals surface area contributed by atoms with Gasteiger partial charge in [0.25, 0.3) is 11.7 Å². The number of hydrogen-bond donors (Lipinski definition) is 0. The van der Waals surface area contributed by atoms with Gasteiger partial charge in [-0.1, -0.05) is 0 Å². The summed E-state index contributed by atoms with van der Waals surface area (Å²) in [6.07, 6.45) is 4.35. The molecule has 7 nitrogen and oxygen atoms in total. The molecule has 2 aromatic heterocycles. The maximum atomic E-state index is 12.5. The Morgan fingerprint density at radius 2 is 2.30 bits per heavy atom. The van der Waals surface area contributed by atoms with E-state index in [2.05, 4.69) is 15.1 Å². The van der Waals surface area contributed by atoms with Crippen LogP contribution in [0, 0.1) is 6.92 Å². The normalized spacial score (nSPS) is 20.1. The van der Waals surface area contributed by atoms with E-state index >= 15 is 0 Å². The van der Waals surface area contributed by atoms with Crippen molar-refractivity contribution >= 4 is 11.7 Å². The van der Waals surface area contributed by atoms with Gasteiger partial charge in [0, 0.05) is 31.6 Å². The Morgan fingerprint density at radius 3 is 3.15 bits per heavy atom. The lowest BCUT2D eigenvalue weighted by atomic mass is 10.2. The number of aromatic nitrogens is 4. The highest BCUT2D eigenvalue weighted by molar-refractivity contribution is 5.91. The van der Waals surface area contributed by atoms with Crippen LogP contribution in [0.2, 0.25) is 0 Å². The van der Waals surface area contributed by atoms with Crippen LogP contribution in [0.15, 0.2) is 12.4 Å². The lowest BCUT2D eigenvalue weighted by Crippen LogP contribution is -2.39. The van der Waals surface area contributed by atoms with E-state index in [0.717, 1.165) is 12.0 Å². The second-order valence-electron chi connectivity index (χ2n) is 5.06. The average Bonchev–Trinajstić information content (AvgIpc) is 2.72. The largest absolute Gasteiger partial charge is 0.380 e. The Kier molecular flexibility index (Phi) is 3.35. The molecule has 2 aromatic rings. The molecule has 0 radical (unpaired) electrons. The molecule has 106 valence electrons. The number of hydrogen-bond acceptors (Lipinski definition) is 5. The SMILES string of the molecule is Cc1cnc2nc(C(=O)N3CCOCCC3C)nn2c1. The molecule has 0 spiro atoms. The van der Waals surface area contributed by atoms with Crippen LogP contribution in [-0.2, 0) is 4.74 Å². The van der Waals surface area contributed by atoms with Crippen molar-refractivity contribution in [3.05, 3.63) is 23.8 Å². The van der Waals surface area contributed by atoms with Crippen molar-refractivity contribution in [2.24, 2.45) is 0 Å². The van der Waals surface area contributed by atoms with E-state index < -0.39 is 0 Å². The topological polar surface area (TPSA) is 72.6 Å². The second-order valence-corrected chi connectivity index (χ2v) is 5.06. The monoisotopic (exact) mass is 275 g/mol. The molecule has 1 amide bonds. The zero-order valence-electron chi connectivity index (χ0n) is 11.6. The van der Waals surface area contributed by atoms with Crippen molar-refractivity contribution in [2.75, 3.05) is 19.8 Å². The quantitative estimate of drug-likeness (QED) is 0.765. The molecule has 0 saturated carbocycles. The van der Waals surface area contributed by atoms with Gasteiger partial charge in [0.2, 0.25) is 5.82 Å². The number of carbonyl (C=O) groups is 1. The molecular weight excluding hydrogens is 258 g/mol. The highest BCUT2D eigenvalue weighted by Gasteiger charge is 2.26. The first kappa shape index (κ1) is 13.0. The van der Waals surface area contributed by atoms with Crippen molar-refractivity contribution in [3.63, 3.8) is 0 Å². The van der Waals surface area contributed by atoms with E-state index in [1.807, 2.05) is 13.8 Å². The first-order chi connectivity index (χ1) is 9.65. The van der Waals surface area contributed by atoms with Crippen molar-refractivity contribution in [1.82, 2.24) is 24.5 Å². The van der Waals surface area contributed by atoms with Crippen LogP contribution in [0.5, 0.6) is 0 Å². The molecule has 1 fully saturated rings. The summed E-state index contributed by atoms with van der Waals surface area (Å²) < 4.78 is 6.95. The fourth-order valence-corrected chi connectivity index (χ4v) is 2.29. The van der Waals surface area contributed by atoms with Gasteiger partial charge in [0.1, 0.15) is 0 Å². The Hall–Kier alpha value is -2.02. The van der Waals surface area contributed by atoms with E-state index in [0.29, 0.717) is 25.5 Å². The molecule has 3 heterocycles. The summed E-state index contributed by atoms with van der Waals surface area (Å²) in [6.45, 7) is 5.75. The summed E-state index contributed by atoms with van der Waals surface area (Å²) >= 11 is 0. The fourth-order valence-electron chi connectivity index (χ4n) is 2.29. The molecule has 1 aliphatic heterocycles. The molecule has 0 aliphatic carbocycles. The lowest BCUT2D eigenvalue weighted by Gasteiger charge is -2.24. The summed E-state index contributed by atoms with van der Waals surface area (Å²) in [5.41, 5.74) is 0.970. The molecule has 1 aliphatic rings. The number of nitrogens with zero attached hydrogens (tertiary/aromatic N) is 5. The average molecular weight is 275 g/mol. The number of ether oxygens (including phenoxy) is 1. The summed E-state index contributed by atoms with van der Waals surface area (Å²) in [6, 6.07) is 0.131. The van der Waals surface area contributed by atoms with Crippen LogP contribution in [0.3, 0.4) is 0 Å². The number of aryl methyl sites for hydroxylation is 1. The van der Waals surface area contributed by atoms with Gasteiger partial charge in [0.05, 0.1) is 6.61 Å². The molecule has 20 heavy (non-hydrogen) atoms. The number of carbonyl (C=O) groups excluding carboxylic acids is 1. The molecule has 3 rings (SSSR count). The van der Waals surface area contributed by atoms with Gasteiger partial charge in [-0.15, -0.1) is 5.10 Å². The Labute approximate surface area is 116 Å². The lowest BCUT2D eigenvalue weighted by molar-refractivity contribution is 0.0675. The van der Waals surface area contributed by atoms with E-state index in [1.54, 1.807) is 21.8 Å². The minimum atomic E-state index is -0.161. The fraction of sp³-hybridized carbons (Fsp3) is 0.538. The predicted molar refractivity (Wildman–Crippen MR) is 71.5 cm³/mol. The summed E-state index contributed by atoms with van der Waals surface area (Å²) in [7, 11) is 0. The molecule has 0 N–H and O–H groups in total. The van der Waals surface area contributed by atoms with Crippen LogP contribution >= 0.6 is 0 Å². The van der Waals surface area contributed by atoms with Crippen molar-refractivity contribution in [2.45, 2.75) is 26.3 Å². The molecule has 1 saturated heterocycles. The smallest absolute Gasteiger partial charge is 0.293 e. The van der Waals surface area contributed by atoms with E-state index in [1.165, 1.54) is 0 Å². The van der Waals surface area contributed by atoms with Crippen LogP contribution in [0.25, 0.3) is 5.78 Å². The highest BCUT2D eigenvalue weighted by Crippen LogP contribution is 2.12. The van der Waals surface area contributed by atoms with Gasteiger partial charge in [-0.2, -0.15) is 4.98 Å². The van der Waals surface area contributed by atoms with Crippen LogP contribution < -0.4 is 0 Å². The predicted octanol–water partition coefficient (Wildman–Crippen LogP) is 0.684. The van der Waals surface area contributed by atoms with Crippen molar-refractivity contribution in [1.29, 1.82) is 0 Å². The minimum absolute atomic E-state index is 0.131. The molecular formula is C13H17N5O2. The van der Waals surface area contributed by atoms with Crippen LogP contribution in [0.4, 0.5) is 0 Å². The molecule has 7 heteroatoms. The Bertz CT molecular complexity index is 639. The van der Waals surface area contributed by atoms with Gasteiger partial charge in [0.15, 0.2) is 0 Å². The maximum absolute atomic E-state index is 12.5. The molecule has 0 bridgehead atoms. The van der Waals surface area contributed by atoms with Crippen molar-refractivity contribution < 1.29 is 9.53 Å². The van der Waals surface area contributed by atoms with E-state index in [4.69, 9.17) is 4.74 Å². The van der Waals surface area contributed by atoms with Crippen molar-refractivity contribution in [3.8, 4) is 0 Å². The maximum Gasteiger partial charge on any atom is 0.293 e. The molecule has 0 aromatic carbocycles. The first-order valence-corrected chi connectivity index (χ1v) is 6.73. The summed E-state index contributed by atoms with van der Waals surface area (Å²) in [5.74, 6) is 0.473. The van der Waals surface area contributed by atoms with Crippen LogP contribution in [0.1, 0.15) is 29.5 Å². The zero-order chi connectivity index (χ0) is 14.1. The van der Waals surface area contributed by atoms with Gasteiger partial charge < -0.3 is 9.64 Å². The van der Waals surface area contributed by atoms with Gasteiger partial charge in [-0.05, 0) is 25.8 Å². The number of amides is 1. The minimum Gasteiger partial charge on any atom is -0.380 e. The van der Waals surface area contributed by atoms with Gasteiger partial charge in [-0.25, -0.2) is 9.50 Å².